The number of nitrogens with zero attached hydrogens (tertiary/aromatic N) is 1. The first-order valence-corrected chi connectivity index (χ1v) is 15.8. The van der Waals surface area contributed by atoms with Crippen molar-refractivity contribution in [3.8, 4) is 17.2 Å². The minimum atomic E-state index is -3.79. The average Bonchev–Trinajstić information content (AvgIpc) is 2.96. The molecule has 7 N–H and O–H groups in total. The fourth-order valence-electron chi connectivity index (χ4n) is 4.61. The quantitative estimate of drug-likeness (QED) is 0.116. The van der Waals surface area contributed by atoms with Gasteiger partial charge < -0.3 is 35.4 Å². The maximum absolute atomic E-state index is 11.5. The highest BCUT2D eigenvalue weighted by atomic mass is 32.2. The minimum absolute atomic E-state index is 0.00359. The fraction of sp³-hybridized carbons (Fsp3) is 0.419. The summed E-state index contributed by atoms with van der Waals surface area (Å²) >= 11 is 0. The number of nitrogens with two attached hydrogens (primary N) is 1. The lowest BCUT2D eigenvalue weighted by Crippen LogP contribution is -2.22. The van der Waals surface area contributed by atoms with Crippen molar-refractivity contribution in [1.82, 2.24) is 5.32 Å². The smallest absolute Gasteiger partial charge is 0.238 e. The topological polar surface area (TPSA) is 166 Å². The Balaban J connectivity index is 1.28. The Morgan fingerprint density at radius 1 is 0.857 bits per heavy atom. The Morgan fingerprint density at radius 3 is 2.17 bits per heavy atom. The highest BCUT2D eigenvalue weighted by Crippen LogP contribution is 2.34. The van der Waals surface area contributed by atoms with E-state index in [4.69, 9.17) is 9.88 Å². The third kappa shape index (κ3) is 10.2. The van der Waals surface area contributed by atoms with Crippen LogP contribution in [-0.4, -0.2) is 62.2 Å². The van der Waals surface area contributed by atoms with E-state index in [0.29, 0.717) is 48.7 Å². The molecule has 10 nitrogen and oxygen atoms in total. The number of phenolic OH excluding ortho intramolecular Hbond substituents is 3. The van der Waals surface area contributed by atoms with Gasteiger partial charge in [-0.05, 0) is 92.7 Å². The lowest BCUT2D eigenvalue weighted by Gasteiger charge is -2.22. The highest BCUT2D eigenvalue weighted by molar-refractivity contribution is 7.89. The zero-order valence-electron chi connectivity index (χ0n) is 24.1. The van der Waals surface area contributed by atoms with Crippen molar-refractivity contribution in [3.05, 3.63) is 71.8 Å². The van der Waals surface area contributed by atoms with Crippen LogP contribution >= 0.6 is 0 Å². The van der Waals surface area contributed by atoms with E-state index < -0.39 is 16.1 Å². The zero-order valence-corrected chi connectivity index (χ0v) is 24.9. The Hall–Kier alpha value is -3.35. The molecule has 230 valence electrons. The molecule has 0 aromatic heterocycles. The van der Waals surface area contributed by atoms with E-state index in [-0.39, 0.29) is 22.1 Å². The van der Waals surface area contributed by atoms with Crippen molar-refractivity contribution in [3.63, 3.8) is 0 Å². The number of rotatable bonds is 18. The van der Waals surface area contributed by atoms with Crippen molar-refractivity contribution in [2.75, 3.05) is 38.3 Å². The number of sulfonamides is 1. The molecule has 3 aromatic rings. The molecule has 0 aliphatic heterocycles. The van der Waals surface area contributed by atoms with Gasteiger partial charge >= 0.3 is 0 Å². The van der Waals surface area contributed by atoms with Gasteiger partial charge in [0.05, 0.1) is 16.7 Å². The molecule has 0 amide bonds. The number of nitrogens with one attached hydrogen (secondary N) is 1. The number of hydrogen-bond acceptors (Lipinski definition) is 9. The number of aliphatic hydroxyl groups is 1. The van der Waals surface area contributed by atoms with Gasteiger partial charge in [0.1, 0.15) is 17.2 Å². The molecule has 42 heavy (non-hydrogen) atoms. The zero-order chi connectivity index (χ0) is 30.5. The number of anilines is 2. The van der Waals surface area contributed by atoms with Crippen LogP contribution in [0, 0.1) is 0 Å². The van der Waals surface area contributed by atoms with Gasteiger partial charge in [-0.15, -0.1) is 0 Å². The molecule has 0 heterocycles. The Morgan fingerprint density at radius 2 is 1.50 bits per heavy atom. The lowest BCUT2D eigenvalue weighted by atomic mass is 10.1. The number of aromatic hydroxyl groups is 3. The second kappa shape index (κ2) is 16.3. The summed E-state index contributed by atoms with van der Waals surface area (Å²) in [7, 11) is -2.05. The Kier molecular flexibility index (Phi) is 12.9. The summed E-state index contributed by atoms with van der Waals surface area (Å²) in [5.41, 5.74) is 2.37. The minimum Gasteiger partial charge on any atom is -0.508 e. The molecule has 0 saturated heterocycles. The molecule has 0 radical (unpaired) electrons. The lowest BCUT2D eigenvalue weighted by molar-refractivity contribution is 0.126. The third-order valence-corrected chi connectivity index (χ3v) is 8.05. The van der Waals surface area contributed by atoms with Crippen LogP contribution in [0.4, 0.5) is 11.4 Å². The molecule has 0 fully saturated rings. The summed E-state index contributed by atoms with van der Waals surface area (Å²) in [4.78, 5) is 1.71. The molecule has 0 spiro atoms. The third-order valence-electron chi connectivity index (χ3n) is 7.12. The van der Waals surface area contributed by atoms with Gasteiger partial charge in [-0.25, -0.2) is 13.6 Å². The van der Waals surface area contributed by atoms with E-state index in [9.17, 15) is 28.8 Å². The highest BCUT2D eigenvalue weighted by Gasteiger charge is 2.15. The molecule has 1 atom stereocenters. The number of primary sulfonamides is 1. The van der Waals surface area contributed by atoms with Gasteiger partial charge in [0.2, 0.25) is 10.0 Å². The summed E-state index contributed by atoms with van der Waals surface area (Å²) in [5, 5.41) is 49.2. The van der Waals surface area contributed by atoms with E-state index in [1.54, 1.807) is 54.4 Å². The first-order chi connectivity index (χ1) is 20.1. The monoisotopic (exact) mass is 601 g/mol. The number of aliphatic hydroxyl groups excluding tert-OH is 1. The molecule has 11 heteroatoms. The van der Waals surface area contributed by atoms with Crippen LogP contribution in [0.15, 0.2) is 65.6 Å². The number of unbranched alkanes of at least 4 members (excludes halogenated alkanes) is 4. The summed E-state index contributed by atoms with van der Waals surface area (Å²) in [5.74, 6) is 0.299. The Bertz CT molecular complexity index is 1350. The van der Waals surface area contributed by atoms with E-state index in [1.165, 1.54) is 18.2 Å². The molecule has 0 saturated carbocycles. The van der Waals surface area contributed by atoms with Crippen LogP contribution in [0.3, 0.4) is 0 Å². The standard InChI is InChI=1S/C31H43N3O7S/c1-34(24-13-15-25(16-14-24)42(32,39)40)27-21-23(12-17-30(27)37)31(38)22-33-18-5-2-3-6-19-41-20-7-4-9-26-28(35)10-8-11-29(26)36/h8,10-17,21,31,33,35-38H,2-7,9,18-20,22H2,1H3,(H2,32,39,40). The van der Waals surface area contributed by atoms with Gasteiger partial charge in [0.15, 0.2) is 0 Å². The van der Waals surface area contributed by atoms with Crippen LogP contribution < -0.4 is 15.4 Å². The maximum Gasteiger partial charge on any atom is 0.238 e. The Labute approximate surface area is 248 Å². The second-order valence-corrected chi connectivity index (χ2v) is 11.9. The first kappa shape index (κ1) is 33.2. The van der Waals surface area contributed by atoms with Crippen LogP contribution in [0.1, 0.15) is 55.8 Å². The average molecular weight is 602 g/mol. The molecular formula is C31H43N3O7S. The number of ether oxygens (including phenoxy) is 1. The molecule has 1 unspecified atom stereocenters. The molecule has 0 aliphatic carbocycles. The van der Waals surface area contributed by atoms with Gasteiger partial charge in [0.25, 0.3) is 0 Å². The van der Waals surface area contributed by atoms with E-state index in [1.807, 2.05) is 0 Å². The predicted octanol–water partition coefficient (Wildman–Crippen LogP) is 4.44. The summed E-state index contributed by atoms with van der Waals surface area (Å²) in [6, 6.07) is 15.7. The fourth-order valence-corrected chi connectivity index (χ4v) is 5.12. The normalized spacial score (nSPS) is 12.4. The molecule has 0 bridgehead atoms. The van der Waals surface area contributed by atoms with E-state index in [2.05, 4.69) is 5.32 Å². The van der Waals surface area contributed by atoms with Crippen LogP contribution in [0.2, 0.25) is 0 Å². The van der Waals surface area contributed by atoms with Gasteiger partial charge in [-0.1, -0.05) is 25.0 Å². The van der Waals surface area contributed by atoms with E-state index >= 15 is 0 Å². The van der Waals surface area contributed by atoms with E-state index in [0.717, 1.165) is 45.1 Å². The molecular weight excluding hydrogens is 558 g/mol. The van der Waals surface area contributed by atoms with Gasteiger partial charge in [-0.2, -0.15) is 0 Å². The van der Waals surface area contributed by atoms with Crippen LogP contribution in [-0.2, 0) is 21.2 Å². The predicted molar refractivity (Wildman–Crippen MR) is 164 cm³/mol. The summed E-state index contributed by atoms with van der Waals surface area (Å²) < 4.78 is 28.7. The van der Waals surface area contributed by atoms with Crippen molar-refractivity contribution < 1.29 is 33.6 Å². The van der Waals surface area contributed by atoms with Crippen molar-refractivity contribution in [2.45, 2.75) is 55.9 Å². The second-order valence-electron chi connectivity index (χ2n) is 10.3. The summed E-state index contributed by atoms with van der Waals surface area (Å²) in [6.45, 7) is 2.52. The molecule has 3 rings (SSSR count). The molecule has 3 aromatic carbocycles. The van der Waals surface area contributed by atoms with Gasteiger partial charge in [-0.3, -0.25) is 0 Å². The van der Waals surface area contributed by atoms with Crippen molar-refractivity contribution in [1.29, 1.82) is 0 Å². The van der Waals surface area contributed by atoms with Gasteiger partial charge in [0, 0.05) is 38.1 Å². The van der Waals surface area contributed by atoms with Crippen LogP contribution in [0.25, 0.3) is 0 Å². The summed E-state index contributed by atoms with van der Waals surface area (Å²) in [6.07, 6.45) is 5.64. The first-order valence-electron chi connectivity index (χ1n) is 14.2. The van der Waals surface area contributed by atoms with Crippen molar-refractivity contribution in [2.24, 2.45) is 5.14 Å². The molecule has 0 aliphatic rings. The number of hydrogen-bond donors (Lipinski definition) is 6. The maximum atomic E-state index is 11.5. The SMILES string of the molecule is CN(c1ccc(S(N)(=O)=O)cc1)c1cc(C(O)CNCCCCCCOCCCCc2c(O)cccc2O)ccc1O. The number of phenols is 3. The number of benzene rings is 3. The largest absolute Gasteiger partial charge is 0.508 e. The van der Waals surface area contributed by atoms with Crippen molar-refractivity contribution >= 4 is 21.4 Å². The van der Waals surface area contributed by atoms with Crippen LogP contribution in [0.5, 0.6) is 17.2 Å².